The zero-order chi connectivity index (χ0) is 11.1. The first-order valence-electron chi connectivity index (χ1n) is 5.35. The standard InChI is InChI=1S/C12H13N3O/c1-8-4-3-5-11-10(8)6-16-7-12-14-13-9(2)15(11)12/h3-5H,6-7H2,1-2H3. The van der Waals surface area contributed by atoms with E-state index < -0.39 is 0 Å². The van der Waals surface area contributed by atoms with Crippen LogP contribution in [0.25, 0.3) is 5.69 Å². The fraction of sp³-hybridized carbons (Fsp3) is 0.333. The van der Waals surface area contributed by atoms with E-state index >= 15 is 0 Å². The predicted molar refractivity (Wildman–Crippen MR) is 59.3 cm³/mol. The number of ether oxygens (including phenoxy) is 1. The number of hydrogen-bond donors (Lipinski definition) is 0. The van der Waals surface area contributed by atoms with Crippen LogP contribution in [0.4, 0.5) is 0 Å². The normalized spacial score (nSPS) is 14.1. The molecule has 1 aliphatic heterocycles. The molecular weight excluding hydrogens is 202 g/mol. The Morgan fingerprint density at radius 1 is 1.19 bits per heavy atom. The number of fused-ring (bicyclic) bond motifs is 3. The Morgan fingerprint density at radius 2 is 2.06 bits per heavy atom. The van der Waals surface area contributed by atoms with Crippen LogP contribution in [0.3, 0.4) is 0 Å². The summed E-state index contributed by atoms with van der Waals surface area (Å²) in [6.07, 6.45) is 0. The number of aryl methyl sites for hydroxylation is 2. The van der Waals surface area contributed by atoms with Crippen LogP contribution >= 0.6 is 0 Å². The number of hydrogen-bond acceptors (Lipinski definition) is 3. The summed E-state index contributed by atoms with van der Waals surface area (Å²) in [5.74, 6) is 1.79. The van der Waals surface area contributed by atoms with Gasteiger partial charge in [0.05, 0.1) is 12.3 Å². The average molecular weight is 215 g/mol. The highest BCUT2D eigenvalue weighted by Crippen LogP contribution is 2.25. The molecule has 16 heavy (non-hydrogen) atoms. The van der Waals surface area contributed by atoms with E-state index in [0.29, 0.717) is 13.2 Å². The maximum Gasteiger partial charge on any atom is 0.163 e. The first kappa shape index (κ1) is 9.54. The second kappa shape index (κ2) is 3.42. The van der Waals surface area contributed by atoms with Crippen LogP contribution < -0.4 is 0 Å². The minimum absolute atomic E-state index is 0.523. The van der Waals surface area contributed by atoms with Crippen molar-refractivity contribution < 1.29 is 4.74 Å². The van der Waals surface area contributed by atoms with Gasteiger partial charge in [0.2, 0.25) is 0 Å². The van der Waals surface area contributed by atoms with Gasteiger partial charge >= 0.3 is 0 Å². The summed E-state index contributed by atoms with van der Waals surface area (Å²) < 4.78 is 7.70. The third-order valence-corrected chi connectivity index (χ3v) is 3.00. The molecule has 0 atom stereocenters. The molecule has 3 rings (SSSR count). The first-order chi connectivity index (χ1) is 7.77. The lowest BCUT2D eigenvalue weighted by molar-refractivity contribution is 0.105. The summed E-state index contributed by atoms with van der Waals surface area (Å²) in [6.45, 7) is 5.24. The SMILES string of the molecule is Cc1cccc2c1COCc1nnc(C)n1-2. The Balaban J connectivity index is 2.33. The zero-order valence-corrected chi connectivity index (χ0v) is 9.40. The van der Waals surface area contributed by atoms with E-state index in [1.165, 1.54) is 11.1 Å². The molecule has 0 saturated heterocycles. The summed E-state index contributed by atoms with van der Waals surface area (Å²) in [7, 11) is 0. The summed E-state index contributed by atoms with van der Waals surface area (Å²) in [5, 5.41) is 8.23. The molecular formula is C12H13N3O. The molecule has 1 aliphatic rings. The van der Waals surface area contributed by atoms with Gasteiger partial charge in [-0.05, 0) is 25.5 Å². The lowest BCUT2D eigenvalue weighted by Gasteiger charge is -2.11. The van der Waals surface area contributed by atoms with Crippen molar-refractivity contribution in [3.8, 4) is 5.69 Å². The Labute approximate surface area is 93.9 Å². The Bertz CT molecular complexity index is 545. The predicted octanol–water partition coefficient (Wildman–Crippen LogP) is 1.91. The molecule has 2 aromatic rings. The van der Waals surface area contributed by atoms with Gasteiger partial charge in [-0.15, -0.1) is 10.2 Å². The molecule has 0 aliphatic carbocycles. The Morgan fingerprint density at radius 3 is 2.94 bits per heavy atom. The van der Waals surface area contributed by atoms with Crippen LogP contribution in [0, 0.1) is 13.8 Å². The molecule has 0 radical (unpaired) electrons. The van der Waals surface area contributed by atoms with E-state index in [9.17, 15) is 0 Å². The van der Waals surface area contributed by atoms with Gasteiger partial charge in [0.15, 0.2) is 5.82 Å². The van der Waals surface area contributed by atoms with Crippen LogP contribution in [0.5, 0.6) is 0 Å². The molecule has 0 unspecified atom stereocenters. The molecule has 4 heteroatoms. The van der Waals surface area contributed by atoms with Crippen LogP contribution in [0.2, 0.25) is 0 Å². The number of benzene rings is 1. The highest BCUT2D eigenvalue weighted by Gasteiger charge is 2.18. The largest absolute Gasteiger partial charge is 0.369 e. The Hall–Kier alpha value is -1.68. The van der Waals surface area contributed by atoms with Gasteiger partial charge in [-0.2, -0.15) is 0 Å². The van der Waals surface area contributed by atoms with Crippen molar-refractivity contribution in [3.05, 3.63) is 41.0 Å². The van der Waals surface area contributed by atoms with Crippen LogP contribution in [-0.4, -0.2) is 14.8 Å². The summed E-state index contributed by atoms with van der Waals surface area (Å²) in [6, 6.07) is 6.26. The fourth-order valence-corrected chi connectivity index (χ4v) is 2.14. The van der Waals surface area contributed by atoms with E-state index in [1.807, 2.05) is 6.92 Å². The van der Waals surface area contributed by atoms with Gasteiger partial charge in [-0.3, -0.25) is 4.57 Å². The van der Waals surface area contributed by atoms with Crippen LogP contribution in [-0.2, 0) is 18.0 Å². The van der Waals surface area contributed by atoms with Crippen LogP contribution in [0.15, 0.2) is 18.2 Å². The highest BCUT2D eigenvalue weighted by molar-refractivity contribution is 5.47. The monoisotopic (exact) mass is 215 g/mol. The third kappa shape index (κ3) is 1.27. The summed E-state index contributed by atoms with van der Waals surface area (Å²) >= 11 is 0. The molecule has 0 amide bonds. The van der Waals surface area contributed by atoms with Gasteiger partial charge in [0, 0.05) is 5.56 Å². The maximum atomic E-state index is 5.62. The molecule has 4 nitrogen and oxygen atoms in total. The molecule has 0 spiro atoms. The van der Waals surface area contributed by atoms with Crippen LogP contribution in [0.1, 0.15) is 22.8 Å². The van der Waals surface area contributed by atoms with Gasteiger partial charge in [0.25, 0.3) is 0 Å². The lowest BCUT2D eigenvalue weighted by atomic mass is 10.1. The van der Waals surface area contributed by atoms with Gasteiger partial charge in [-0.1, -0.05) is 12.1 Å². The first-order valence-corrected chi connectivity index (χ1v) is 5.35. The third-order valence-electron chi connectivity index (χ3n) is 3.00. The second-order valence-corrected chi connectivity index (χ2v) is 4.06. The second-order valence-electron chi connectivity index (χ2n) is 4.06. The lowest BCUT2D eigenvalue weighted by Crippen LogP contribution is -2.03. The van der Waals surface area contributed by atoms with Crippen molar-refractivity contribution in [3.63, 3.8) is 0 Å². The summed E-state index contributed by atoms with van der Waals surface area (Å²) in [5.41, 5.74) is 3.62. The topological polar surface area (TPSA) is 39.9 Å². The van der Waals surface area contributed by atoms with E-state index in [-0.39, 0.29) is 0 Å². The maximum absolute atomic E-state index is 5.62. The molecule has 82 valence electrons. The van der Waals surface area contributed by atoms with Crippen molar-refractivity contribution in [2.24, 2.45) is 0 Å². The minimum Gasteiger partial charge on any atom is -0.369 e. The van der Waals surface area contributed by atoms with E-state index in [2.05, 4.69) is 39.9 Å². The number of aromatic nitrogens is 3. The van der Waals surface area contributed by atoms with Gasteiger partial charge < -0.3 is 4.74 Å². The molecule has 1 aromatic heterocycles. The van der Waals surface area contributed by atoms with Crippen molar-refractivity contribution in [1.82, 2.24) is 14.8 Å². The van der Waals surface area contributed by atoms with Gasteiger partial charge in [-0.25, -0.2) is 0 Å². The van der Waals surface area contributed by atoms with Gasteiger partial charge in [0.1, 0.15) is 12.4 Å². The average Bonchev–Trinajstić information content (AvgIpc) is 2.53. The Kier molecular flexibility index (Phi) is 2.04. The molecule has 1 aromatic carbocycles. The highest BCUT2D eigenvalue weighted by atomic mass is 16.5. The van der Waals surface area contributed by atoms with E-state index in [1.54, 1.807) is 0 Å². The molecule has 0 fully saturated rings. The van der Waals surface area contributed by atoms with Crippen molar-refractivity contribution in [1.29, 1.82) is 0 Å². The van der Waals surface area contributed by atoms with E-state index in [0.717, 1.165) is 17.3 Å². The van der Waals surface area contributed by atoms with Crippen molar-refractivity contribution in [2.45, 2.75) is 27.1 Å². The number of rotatable bonds is 0. The van der Waals surface area contributed by atoms with E-state index in [4.69, 9.17) is 4.74 Å². The zero-order valence-electron chi connectivity index (χ0n) is 9.40. The molecule has 0 N–H and O–H groups in total. The molecule has 0 saturated carbocycles. The number of nitrogens with zero attached hydrogens (tertiary/aromatic N) is 3. The fourth-order valence-electron chi connectivity index (χ4n) is 2.14. The smallest absolute Gasteiger partial charge is 0.163 e. The van der Waals surface area contributed by atoms with Crippen molar-refractivity contribution >= 4 is 0 Å². The minimum atomic E-state index is 0.523. The van der Waals surface area contributed by atoms with Crippen molar-refractivity contribution in [2.75, 3.05) is 0 Å². The molecule has 2 heterocycles. The quantitative estimate of drug-likeness (QED) is 0.674. The summed E-state index contributed by atoms with van der Waals surface area (Å²) in [4.78, 5) is 0. The molecule has 0 bridgehead atoms.